The van der Waals surface area contributed by atoms with Gasteiger partial charge in [0, 0.05) is 16.5 Å². The molecule has 0 amide bonds. The molecule has 1 aromatic heterocycles. The van der Waals surface area contributed by atoms with Crippen LogP contribution in [0.15, 0.2) is 28.1 Å². The van der Waals surface area contributed by atoms with E-state index in [1.165, 1.54) is 18.7 Å². The summed E-state index contributed by atoms with van der Waals surface area (Å²) in [6.07, 6.45) is 0. The Hall–Kier alpha value is -0.910. The third-order valence-electron chi connectivity index (χ3n) is 3.09. The van der Waals surface area contributed by atoms with Crippen LogP contribution >= 0.6 is 27.3 Å². The smallest absolute Gasteiger partial charge is 0.132 e. The summed E-state index contributed by atoms with van der Waals surface area (Å²) in [5.41, 5.74) is 1.81. The first-order valence-corrected chi connectivity index (χ1v) is 8.00. The largest absolute Gasteiger partial charge is 0.497 e. The minimum Gasteiger partial charge on any atom is -0.497 e. The first-order chi connectivity index (χ1) is 9.56. The topological polar surface area (TPSA) is 21.3 Å². The van der Waals surface area contributed by atoms with Crippen molar-refractivity contribution in [2.75, 3.05) is 13.7 Å². The van der Waals surface area contributed by atoms with Crippen molar-refractivity contribution >= 4 is 27.3 Å². The molecule has 0 spiro atoms. The molecule has 1 aromatic carbocycles. The number of nitrogens with one attached hydrogen (secondary N) is 1. The number of hydrogen-bond acceptors (Lipinski definition) is 3. The predicted molar refractivity (Wildman–Crippen MR) is 85.2 cm³/mol. The molecule has 108 valence electrons. The molecule has 0 aliphatic heterocycles. The van der Waals surface area contributed by atoms with Gasteiger partial charge in [0.25, 0.3) is 0 Å². The average molecular weight is 358 g/mol. The van der Waals surface area contributed by atoms with Gasteiger partial charge < -0.3 is 10.1 Å². The van der Waals surface area contributed by atoms with Crippen molar-refractivity contribution in [3.05, 3.63) is 49.9 Å². The van der Waals surface area contributed by atoms with E-state index in [1.807, 2.05) is 13.8 Å². The van der Waals surface area contributed by atoms with Gasteiger partial charge in [-0.1, -0.05) is 13.0 Å². The van der Waals surface area contributed by atoms with E-state index in [9.17, 15) is 4.39 Å². The number of benzene rings is 1. The van der Waals surface area contributed by atoms with Crippen LogP contribution in [0.1, 0.15) is 29.0 Å². The fourth-order valence-electron chi connectivity index (χ4n) is 2.06. The van der Waals surface area contributed by atoms with Gasteiger partial charge in [-0.15, -0.1) is 11.3 Å². The summed E-state index contributed by atoms with van der Waals surface area (Å²) in [6, 6.07) is 6.95. The van der Waals surface area contributed by atoms with Crippen LogP contribution in [0.3, 0.4) is 0 Å². The van der Waals surface area contributed by atoms with Crippen molar-refractivity contribution in [3.63, 3.8) is 0 Å². The van der Waals surface area contributed by atoms with Gasteiger partial charge in [-0.25, -0.2) is 4.39 Å². The highest BCUT2D eigenvalue weighted by Gasteiger charge is 2.20. The molecule has 0 radical (unpaired) electrons. The second-order valence-electron chi connectivity index (χ2n) is 4.48. The molecule has 1 N–H and O–H groups in total. The highest BCUT2D eigenvalue weighted by atomic mass is 79.9. The van der Waals surface area contributed by atoms with Gasteiger partial charge in [-0.05, 0) is 47.1 Å². The minimum absolute atomic E-state index is 0.138. The molecule has 1 unspecified atom stereocenters. The zero-order valence-electron chi connectivity index (χ0n) is 11.7. The highest BCUT2D eigenvalue weighted by molar-refractivity contribution is 9.11. The van der Waals surface area contributed by atoms with Crippen LogP contribution < -0.4 is 10.1 Å². The van der Waals surface area contributed by atoms with Crippen molar-refractivity contribution in [2.24, 2.45) is 0 Å². The Balaban J connectivity index is 2.42. The summed E-state index contributed by atoms with van der Waals surface area (Å²) in [5, 5.41) is 3.34. The third-order valence-corrected chi connectivity index (χ3v) is 5.29. The first kappa shape index (κ1) is 15.5. The van der Waals surface area contributed by atoms with Gasteiger partial charge in [0.05, 0.1) is 16.9 Å². The Morgan fingerprint density at radius 3 is 2.65 bits per heavy atom. The lowest BCUT2D eigenvalue weighted by atomic mass is 10.0. The van der Waals surface area contributed by atoms with Crippen LogP contribution in [0, 0.1) is 12.7 Å². The van der Waals surface area contributed by atoms with Gasteiger partial charge in [0.2, 0.25) is 0 Å². The second-order valence-corrected chi connectivity index (χ2v) is 6.89. The number of hydrogen-bond donors (Lipinski definition) is 1. The molecule has 0 fully saturated rings. The van der Waals surface area contributed by atoms with Gasteiger partial charge in [0.15, 0.2) is 0 Å². The normalized spacial score (nSPS) is 12.4. The maximum absolute atomic E-state index is 14.3. The van der Waals surface area contributed by atoms with Crippen LogP contribution in [0.4, 0.5) is 4.39 Å². The molecule has 2 rings (SSSR count). The first-order valence-electron chi connectivity index (χ1n) is 6.39. The molecule has 0 bridgehead atoms. The molecular formula is C15H17BrFNOS. The standard InChI is InChI=1S/C15H17BrFNOS/c1-4-18-14(13-7-9(2)15(16)20-13)11-6-5-10(19-3)8-12(11)17/h5-8,14,18H,4H2,1-3H3. The van der Waals surface area contributed by atoms with Crippen LogP contribution in [-0.4, -0.2) is 13.7 Å². The lowest BCUT2D eigenvalue weighted by molar-refractivity contribution is 0.410. The summed E-state index contributed by atoms with van der Waals surface area (Å²) in [6.45, 7) is 4.83. The summed E-state index contributed by atoms with van der Waals surface area (Å²) in [7, 11) is 1.54. The van der Waals surface area contributed by atoms with E-state index < -0.39 is 0 Å². The zero-order valence-corrected chi connectivity index (χ0v) is 14.1. The minimum atomic E-state index is -0.252. The van der Waals surface area contributed by atoms with Crippen molar-refractivity contribution in [2.45, 2.75) is 19.9 Å². The molecule has 2 nitrogen and oxygen atoms in total. The SMILES string of the molecule is CCNC(c1cc(C)c(Br)s1)c1ccc(OC)cc1F. The van der Waals surface area contributed by atoms with Crippen molar-refractivity contribution in [1.82, 2.24) is 5.32 Å². The lowest BCUT2D eigenvalue weighted by Gasteiger charge is -2.18. The Kier molecular flexibility index (Phi) is 5.18. The zero-order chi connectivity index (χ0) is 14.7. The van der Waals surface area contributed by atoms with Crippen LogP contribution in [-0.2, 0) is 0 Å². The Labute approximate surface area is 131 Å². The van der Waals surface area contributed by atoms with E-state index in [-0.39, 0.29) is 11.9 Å². The van der Waals surface area contributed by atoms with E-state index in [1.54, 1.807) is 23.5 Å². The number of thiophene rings is 1. The third kappa shape index (κ3) is 3.22. The summed E-state index contributed by atoms with van der Waals surface area (Å²) in [4.78, 5) is 1.10. The molecule has 2 aromatic rings. The fourth-order valence-corrected chi connectivity index (χ4v) is 3.73. The van der Waals surface area contributed by atoms with Gasteiger partial charge in [-0.2, -0.15) is 0 Å². The van der Waals surface area contributed by atoms with Gasteiger partial charge >= 0.3 is 0 Å². The molecule has 0 saturated heterocycles. The number of halogens is 2. The number of rotatable bonds is 5. The number of aryl methyl sites for hydroxylation is 1. The molecule has 1 atom stereocenters. The molecule has 0 aliphatic rings. The van der Waals surface area contributed by atoms with Gasteiger partial charge in [0.1, 0.15) is 11.6 Å². The van der Waals surface area contributed by atoms with E-state index in [4.69, 9.17) is 4.74 Å². The maximum Gasteiger partial charge on any atom is 0.132 e. The average Bonchev–Trinajstić information content (AvgIpc) is 2.76. The number of methoxy groups -OCH3 is 1. The van der Waals surface area contributed by atoms with Crippen molar-refractivity contribution in [3.8, 4) is 5.75 Å². The van der Waals surface area contributed by atoms with Crippen molar-refractivity contribution < 1.29 is 9.13 Å². The van der Waals surface area contributed by atoms with Crippen molar-refractivity contribution in [1.29, 1.82) is 0 Å². The summed E-state index contributed by atoms with van der Waals surface area (Å²) >= 11 is 5.16. The Bertz CT molecular complexity index is 580. The Morgan fingerprint density at radius 1 is 1.40 bits per heavy atom. The van der Waals surface area contributed by atoms with Gasteiger partial charge in [-0.3, -0.25) is 0 Å². The molecule has 0 aliphatic carbocycles. The summed E-state index contributed by atoms with van der Waals surface area (Å²) < 4.78 is 20.4. The van der Waals surface area contributed by atoms with E-state index in [2.05, 4.69) is 27.3 Å². The molecular weight excluding hydrogens is 341 g/mol. The van der Waals surface area contributed by atoms with Crippen LogP contribution in [0.2, 0.25) is 0 Å². The second kappa shape index (κ2) is 6.70. The van der Waals surface area contributed by atoms with E-state index >= 15 is 0 Å². The van der Waals surface area contributed by atoms with E-state index in [0.29, 0.717) is 11.3 Å². The molecule has 0 saturated carbocycles. The molecule has 20 heavy (non-hydrogen) atoms. The fraction of sp³-hybridized carbons (Fsp3) is 0.333. The van der Waals surface area contributed by atoms with Crippen LogP contribution in [0.5, 0.6) is 5.75 Å². The lowest BCUT2D eigenvalue weighted by Crippen LogP contribution is -2.22. The van der Waals surface area contributed by atoms with E-state index in [0.717, 1.165) is 15.2 Å². The predicted octanol–water partition coefficient (Wildman–Crippen LogP) is 4.67. The highest BCUT2D eigenvalue weighted by Crippen LogP contribution is 2.35. The van der Waals surface area contributed by atoms with Crippen LogP contribution in [0.25, 0.3) is 0 Å². The monoisotopic (exact) mass is 357 g/mol. The quantitative estimate of drug-likeness (QED) is 0.839. The molecule has 1 heterocycles. The number of ether oxygens (including phenoxy) is 1. The maximum atomic E-state index is 14.3. The molecule has 5 heteroatoms. The summed E-state index contributed by atoms with van der Waals surface area (Å²) in [5.74, 6) is 0.280. The Morgan fingerprint density at radius 2 is 2.15 bits per heavy atom.